The number of ether oxygens (including phenoxy) is 1. The van der Waals surface area contributed by atoms with E-state index in [0.717, 1.165) is 15.8 Å². The lowest BCUT2D eigenvalue weighted by Gasteiger charge is -2.05. The van der Waals surface area contributed by atoms with E-state index in [1.807, 2.05) is 54.6 Å². The summed E-state index contributed by atoms with van der Waals surface area (Å²) in [5.41, 5.74) is 3.89. The van der Waals surface area contributed by atoms with Gasteiger partial charge in [-0.3, -0.25) is 4.79 Å². The average Bonchev–Trinajstić information content (AvgIpc) is 2.69. The second-order valence-electron chi connectivity index (χ2n) is 5.63. The SMILES string of the molecule is COc1ccc2cc(/C=N\NC(=O)CCSc3ccccc3)c(Cl)nc2c1. The molecule has 1 amide bonds. The molecule has 0 bridgehead atoms. The van der Waals surface area contributed by atoms with Crippen molar-refractivity contribution in [1.29, 1.82) is 0 Å². The Morgan fingerprint density at radius 3 is 2.85 bits per heavy atom. The van der Waals surface area contributed by atoms with E-state index in [4.69, 9.17) is 16.3 Å². The summed E-state index contributed by atoms with van der Waals surface area (Å²) in [5.74, 6) is 1.25. The molecule has 0 aliphatic carbocycles. The first-order chi connectivity index (χ1) is 13.2. The van der Waals surface area contributed by atoms with E-state index < -0.39 is 0 Å². The van der Waals surface area contributed by atoms with Crippen LogP contribution in [0.3, 0.4) is 0 Å². The smallest absolute Gasteiger partial charge is 0.240 e. The van der Waals surface area contributed by atoms with Gasteiger partial charge >= 0.3 is 0 Å². The summed E-state index contributed by atoms with van der Waals surface area (Å²) in [4.78, 5) is 17.4. The van der Waals surface area contributed by atoms with E-state index in [1.165, 1.54) is 6.21 Å². The van der Waals surface area contributed by atoms with E-state index in [2.05, 4.69) is 15.5 Å². The number of aromatic nitrogens is 1. The molecule has 1 N–H and O–H groups in total. The van der Waals surface area contributed by atoms with Crippen LogP contribution in [0.25, 0.3) is 10.9 Å². The van der Waals surface area contributed by atoms with Gasteiger partial charge in [-0.15, -0.1) is 11.8 Å². The van der Waals surface area contributed by atoms with E-state index in [9.17, 15) is 4.79 Å². The molecule has 0 unspecified atom stereocenters. The van der Waals surface area contributed by atoms with Crippen LogP contribution < -0.4 is 10.2 Å². The van der Waals surface area contributed by atoms with Crippen molar-refractivity contribution in [3.8, 4) is 5.75 Å². The van der Waals surface area contributed by atoms with Crippen LogP contribution in [-0.2, 0) is 4.79 Å². The van der Waals surface area contributed by atoms with Crippen LogP contribution in [0, 0.1) is 0 Å². The fourth-order valence-electron chi connectivity index (χ4n) is 2.37. The Morgan fingerprint density at radius 1 is 1.26 bits per heavy atom. The molecule has 5 nitrogen and oxygen atoms in total. The molecule has 0 spiro atoms. The summed E-state index contributed by atoms with van der Waals surface area (Å²) in [6.45, 7) is 0. The second-order valence-corrected chi connectivity index (χ2v) is 7.16. The number of hydrazone groups is 1. The van der Waals surface area contributed by atoms with Crippen LogP contribution in [0.5, 0.6) is 5.75 Å². The van der Waals surface area contributed by atoms with E-state index in [0.29, 0.717) is 28.6 Å². The fraction of sp³-hybridized carbons (Fsp3) is 0.150. The van der Waals surface area contributed by atoms with Crippen LogP contribution in [0.2, 0.25) is 5.15 Å². The van der Waals surface area contributed by atoms with Gasteiger partial charge in [0.25, 0.3) is 0 Å². The number of amides is 1. The van der Waals surface area contributed by atoms with Crippen molar-refractivity contribution in [1.82, 2.24) is 10.4 Å². The van der Waals surface area contributed by atoms with Crippen molar-refractivity contribution >= 4 is 46.4 Å². The standard InChI is InChI=1S/C20H18ClN3O2S/c1-26-16-8-7-14-11-15(20(21)23-18(14)12-16)13-22-24-19(25)9-10-27-17-5-3-2-4-6-17/h2-8,11-13H,9-10H2,1H3,(H,24,25)/b22-13-. The topological polar surface area (TPSA) is 63.6 Å². The van der Waals surface area contributed by atoms with E-state index >= 15 is 0 Å². The molecular weight excluding hydrogens is 382 g/mol. The lowest BCUT2D eigenvalue weighted by Crippen LogP contribution is -2.17. The molecular formula is C20H18ClN3O2S. The Hall–Kier alpha value is -2.57. The summed E-state index contributed by atoms with van der Waals surface area (Å²) in [6.07, 6.45) is 1.88. The molecule has 1 aromatic heterocycles. The summed E-state index contributed by atoms with van der Waals surface area (Å²) < 4.78 is 5.19. The number of rotatable bonds is 7. The van der Waals surface area contributed by atoms with E-state index in [1.54, 1.807) is 18.9 Å². The number of hydrogen-bond acceptors (Lipinski definition) is 5. The number of carbonyl (C=O) groups is 1. The van der Waals surface area contributed by atoms with Crippen LogP contribution in [0.15, 0.2) is 64.6 Å². The quantitative estimate of drug-likeness (QED) is 0.274. The summed E-state index contributed by atoms with van der Waals surface area (Å²) in [5, 5.41) is 5.21. The number of nitrogens with one attached hydrogen (secondary N) is 1. The zero-order chi connectivity index (χ0) is 19.1. The predicted molar refractivity (Wildman–Crippen MR) is 111 cm³/mol. The third-order valence-electron chi connectivity index (χ3n) is 3.74. The highest BCUT2D eigenvalue weighted by atomic mass is 35.5. The molecule has 1 heterocycles. The third kappa shape index (κ3) is 5.45. The molecule has 7 heteroatoms. The highest BCUT2D eigenvalue weighted by Gasteiger charge is 2.05. The van der Waals surface area contributed by atoms with Crippen molar-refractivity contribution < 1.29 is 9.53 Å². The van der Waals surface area contributed by atoms with Gasteiger partial charge in [0.2, 0.25) is 5.91 Å². The van der Waals surface area contributed by atoms with Crippen LogP contribution >= 0.6 is 23.4 Å². The Morgan fingerprint density at radius 2 is 2.07 bits per heavy atom. The number of halogens is 1. The molecule has 0 atom stereocenters. The minimum Gasteiger partial charge on any atom is -0.497 e. The van der Waals surface area contributed by atoms with Gasteiger partial charge < -0.3 is 4.74 Å². The Balaban J connectivity index is 1.55. The zero-order valence-electron chi connectivity index (χ0n) is 14.7. The lowest BCUT2D eigenvalue weighted by atomic mass is 10.1. The number of methoxy groups -OCH3 is 1. The van der Waals surface area contributed by atoms with Crippen LogP contribution in [-0.4, -0.2) is 30.0 Å². The van der Waals surface area contributed by atoms with Crippen molar-refractivity contribution in [2.24, 2.45) is 5.10 Å². The molecule has 138 valence electrons. The molecule has 0 aliphatic rings. The van der Waals surface area contributed by atoms with Gasteiger partial charge in [0.05, 0.1) is 18.8 Å². The first kappa shape index (κ1) is 19.2. The Labute approximate surface area is 166 Å². The van der Waals surface area contributed by atoms with Crippen molar-refractivity contribution in [3.63, 3.8) is 0 Å². The molecule has 0 aliphatic heterocycles. The van der Waals surface area contributed by atoms with Gasteiger partial charge in [-0.05, 0) is 30.3 Å². The highest BCUT2D eigenvalue weighted by molar-refractivity contribution is 7.99. The van der Waals surface area contributed by atoms with Gasteiger partial charge in [-0.25, -0.2) is 10.4 Å². The van der Waals surface area contributed by atoms with Gasteiger partial charge in [0.15, 0.2) is 0 Å². The average molecular weight is 400 g/mol. The maximum atomic E-state index is 11.9. The number of carbonyl (C=O) groups excluding carboxylic acids is 1. The number of fused-ring (bicyclic) bond motifs is 1. The minimum atomic E-state index is -0.149. The van der Waals surface area contributed by atoms with Crippen LogP contribution in [0.1, 0.15) is 12.0 Å². The first-order valence-corrected chi connectivity index (χ1v) is 9.66. The molecule has 3 rings (SSSR count). The third-order valence-corrected chi connectivity index (χ3v) is 5.06. The molecule has 27 heavy (non-hydrogen) atoms. The molecule has 2 aromatic carbocycles. The fourth-order valence-corrected chi connectivity index (χ4v) is 3.43. The van der Waals surface area contributed by atoms with Crippen LogP contribution in [0.4, 0.5) is 0 Å². The molecule has 0 saturated heterocycles. The lowest BCUT2D eigenvalue weighted by molar-refractivity contribution is -0.120. The summed E-state index contributed by atoms with van der Waals surface area (Å²) in [6, 6.07) is 17.4. The number of hydrogen-bond donors (Lipinski definition) is 1. The predicted octanol–water partition coefficient (Wildman–Crippen LogP) is 4.53. The maximum Gasteiger partial charge on any atom is 0.240 e. The molecule has 3 aromatic rings. The largest absolute Gasteiger partial charge is 0.497 e. The second kappa shape index (κ2) is 9.39. The number of nitrogens with zero attached hydrogens (tertiary/aromatic N) is 2. The number of benzene rings is 2. The van der Waals surface area contributed by atoms with Crippen molar-refractivity contribution in [2.45, 2.75) is 11.3 Å². The summed E-state index contributed by atoms with van der Waals surface area (Å²) in [7, 11) is 1.60. The normalized spacial score (nSPS) is 11.0. The highest BCUT2D eigenvalue weighted by Crippen LogP contribution is 2.23. The first-order valence-electron chi connectivity index (χ1n) is 8.30. The van der Waals surface area contributed by atoms with Gasteiger partial charge in [0, 0.05) is 34.1 Å². The van der Waals surface area contributed by atoms with Crippen molar-refractivity contribution in [3.05, 3.63) is 65.3 Å². The molecule has 0 saturated carbocycles. The Kier molecular flexibility index (Phi) is 6.68. The maximum absolute atomic E-state index is 11.9. The Bertz CT molecular complexity index is 964. The van der Waals surface area contributed by atoms with Gasteiger partial charge in [-0.2, -0.15) is 5.10 Å². The number of pyridine rings is 1. The monoisotopic (exact) mass is 399 g/mol. The molecule has 0 fully saturated rings. The zero-order valence-corrected chi connectivity index (χ0v) is 16.3. The minimum absolute atomic E-state index is 0.149. The van der Waals surface area contributed by atoms with Gasteiger partial charge in [-0.1, -0.05) is 29.8 Å². The summed E-state index contributed by atoms with van der Waals surface area (Å²) >= 11 is 7.84. The number of thioether (sulfide) groups is 1. The molecule has 0 radical (unpaired) electrons. The van der Waals surface area contributed by atoms with Gasteiger partial charge in [0.1, 0.15) is 10.9 Å². The van der Waals surface area contributed by atoms with E-state index in [-0.39, 0.29) is 5.91 Å². The van der Waals surface area contributed by atoms with Crippen molar-refractivity contribution in [2.75, 3.05) is 12.9 Å².